The van der Waals surface area contributed by atoms with Crippen molar-refractivity contribution in [3.63, 3.8) is 0 Å². The van der Waals surface area contributed by atoms with E-state index in [-0.39, 0.29) is 36.9 Å². The summed E-state index contributed by atoms with van der Waals surface area (Å²) >= 11 is 6.51. The predicted molar refractivity (Wildman–Crippen MR) is 158 cm³/mol. The van der Waals surface area contributed by atoms with Gasteiger partial charge >= 0.3 is 7.60 Å². The van der Waals surface area contributed by atoms with Crippen LogP contribution in [0.5, 0.6) is 0 Å². The maximum Gasteiger partial charge on any atom is 0.356 e. The molecule has 3 aromatic rings. The molecule has 7 rings (SSSR count). The quantitative estimate of drug-likeness (QED) is 0.225. The van der Waals surface area contributed by atoms with E-state index in [9.17, 15) is 4.57 Å². The molecule has 2 aromatic heterocycles. The van der Waals surface area contributed by atoms with Gasteiger partial charge in [-0.2, -0.15) is 15.1 Å². The lowest BCUT2D eigenvalue weighted by molar-refractivity contribution is -0.202. The molecule has 0 radical (unpaired) electrons. The lowest BCUT2D eigenvalue weighted by atomic mass is 9.75. The molecule has 0 saturated carbocycles. The number of rotatable bonds is 10. The molecule has 4 aliphatic rings. The molecular formula is C29H37ClN5O7P. The van der Waals surface area contributed by atoms with Crippen LogP contribution in [0.2, 0.25) is 5.28 Å². The topological polar surface area (TPSA) is 119 Å². The van der Waals surface area contributed by atoms with E-state index in [4.69, 9.17) is 44.7 Å². The molecule has 3 aliphatic heterocycles. The van der Waals surface area contributed by atoms with Gasteiger partial charge < -0.3 is 32.9 Å². The third kappa shape index (κ3) is 5.19. The smallest absolute Gasteiger partial charge is 0.356 e. The Morgan fingerprint density at radius 2 is 1.84 bits per heavy atom. The van der Waals surface area contributed by atoms with Gasteiger partial charge in [0, 0.05) is 18.5 Å². The number of aromatic nitrogens is 4. The Hall–Kier alpha value is -2.15. The van der Waals surface area contributed by atoms with Gasteiger partial charge in [0.15, 0.2) is 17.7 Å². The van der Waals surface area contributed by atoms with Crippen molar-refractivity contribution in [2.75, 3.05) is 44.2 Å². The molecule has 232 valence electrons. The molecular weight excluding hydrogens is 597 g/mol. The fraction of sp³-hybridized carbons (Fsp3) is 0.621. The number of fused-ring (bicyclic) bond motifs is 4. The second-order valence-electron chi connectivity index (χ2n) is 12.0. The van der Waals surface area contributed by atoms with E-state index in [0.717, 1.165) is 37.1 Å². The number of halogens is 1. The zero-order valence-electron chi connectivity index (χ0n) is 24.8. The van der Waals surface area contributed by atoms with Crippen molar-refractivity contribution in [2.45, 2.75) is 76.3 Å². The van der Waals surface area contributed by atoms with Crippen LogP contribution >= 0.6 is 19.2 Å². The van der Waals surface area contributed by atoms with Crippen LogP contribution in [-0.2, 0) is 44.4 Å². The SMILES string of the molecule is CCOP(=O)(COC[C@H]1O[C@@H](n2ncc3c(N4CC5(CCc6ccccc65)C4)nc(Cl)nc32)[C@@H]2OC(C)(C)O[C@@H]21)OCC. The third-order valence-corrected chi connectivity index (χ3v) is 10.7. The largest absolute Gasteiger partial charge is 0.366 e. The summed E-state index contributed by atoms with van der Waals surface area (Å²) in [5.74, 6) is -0.0801. The van der Waals surface area contributed by atoms with Crippen molar-refractivity contribution >= 4 is 36.0 Å². The molecule has 1 aromatic carbocycles. The molecule has 3 saturated heterocycles. The van der Waals surface area contributed by atoms with Gasteiger partial charge in [-0.25, -0.2) is 4.68 Å². The molecule has 0 N–H and O–H groups in total. The van der Waals surface area contributed by atoms with Crippen LogP contribution in [0.1, 0.15) is 51.5 Å². The summed E-state index contributed by atoms with van der Waals surface area (Å²) < 4.78 is 50.1. The van der Waals surface area contributed by atoms with E-state index in [2.05, 4.69) is 39.1 Å². The van der Waals surface area contributed by atoms with Crippen LogP contribution in [0, 0.1) is 0 Å². The van der Waals surface area contributed by atoms with Gasteiger partial charge in [0.1, 0.15) is 30.5 Å². The number of nitrogens with zero attached hydrogens (tertiary/aromatic N) is 5. The van der Waals surface area contributed by atoms with E-state index in [1.165, 1.54) is 11.1 Å². The van der Waals surface area contributed by atoms with Crippen molar-refractivity contribution in [3.8, 4) is 0 Å². The Morgan fingerprint density at radius 3 is 2.60 bits per heavy atom. The molecule has 43 heavy (non-hydrogen) atoms. The minimum atomic E-state index is -3.38. The first-order valence-corrected chi connectivity index (χ1v) is 17.0. The fourth-order valence-corrected chi connectivity index (χ4v) is 8.51. The highest BCUT2D eigenvalue weighted by atomic mass is 35.5. The standard InChI is InChI=1S/C29H37ClN5O7P/c1-5-38-43(36,39-6-2)17-37-14-21-22-23(42-28(3,4)41-22)26(40-21)35-25-19(13-31-35)24(32-27(30)33-25)34-15-29(16-34)12-11-18-9-7-8-10-20(18)29/h7-10,13,21-23,26H,5-6,11-12,14-17H2,1-4H3/t21-,22-,23-,26-/m1/s1. The van der Waals surface area contributed by atoms with Crippen LogP contribution in [0.25, 0.3) is 11.0 Å². The average molecular weight is 634 g/mol. The summed E-state index contributed by atoms with van der Waals surface area (Å²) in [6, 6.07) is 8.73. The summed E-state index contributed by atoms with van der Waals surface area (Å²) in [4.78, 5) is 11.5. The first-order chi connectivity index (χ1) is 20.6. The lowest BCUT2D eigenvalue weighted by Gasteiger charge is -2.49. The molecule has 0 bridgehead atoms. The maximum atomic E-state index is 12.9. The summed E-state index contributed by atoms with van der Waals surface area (Å²) in [6.45, 7) is 9.56. The number of hydrogen-bond donors (Lipinski definition) is 0. The van der Waals surface area contributed by atoms with Crippen LogP contribution < -0.4 is 4.90 Å². The van der Waals surface area contributed by atoms with Gasteiger partial charge in [-0.1, -0.05) is 24.3 Å². The maximum absolute atomic E-state index is 12.9. The van der Waals surface area contributed by atoms with Gasteiger partial charge in [0.25, 0.3) is 0 Å². The summed E-state index contributed by atoms with van der Waals surface area (Å²) in [7, 11) is -3.38. The normalized spacial score (nSPS) is 27.1. The molecule has 5 heterocycles. The number of hydrogen-bond acceptors (Lipinski definition) is 11. The summed E-state index contributed by atoms with van der Waals surface area (Å²) in [5, 5.41) is 5.63. The van der Waals surface area contributed by atoms with Crippen LogP contribution in [0.4, 0.5) is 5.82 Å². The predicted octanol–water partition coefficient (Wildman–Crippen LogP) is 4.84. The third-order valence-electron chi connectivity index (χ3n) is 8.70. The van der Waals surface area contributed by atoms with Gasteiger partial charge in [0.2, 0.25) is 5.28 Å². The van der Waals surface area contributed by atoms with E-state index in [1.807, 2.05) is 13.8 Å². The van der Waals surface area contributed by atoms with Crippen molar-refractivity contribution in [2.24, 2.45) is 0 Å². The highest BCUT2D eigenvalue weighted by Gasteiger charge is 2.57. The molecule has 1 aliphatic carbocycles. The van der Waals surface area contributed by atoms with Gasteiger partial charge in [-0.3, -0.25) is 4.57 Å². The van der Waals surface area contributed by atoms with Crippen molar-refractivity contribution < 1.29 is 32.6 Å². The zero-order chi connectivity index (χ0) is 30.0. The number of aryl methyl sites for hydroxylation is 1. The van der Waals surface area contributed by atoms with Crippen LogP contribution in [0.15, 0.2) is 30.5 Å². The number of benzene rings is 1. The summed E-state index contributed by atoms with van der Waals surface area (Å²) in [5.41, 5.74) is 3.57. The monoisotopic (exact) mass is 633 g/mol. The molecule has 3 fully saturated rings. The molecule has 4 atom stereocenters. The Kier molecular flexibility index (Phi) is 7.58. The van der Waals surface area contributed by atoms with Crippen molar-refractivity contribution in [1.29, 1.82) is 0 Å². The Labute approximate surface area is 255 Å². The fourth-order valence-electron chi connectivity index (χ4n) is 7.02. The molecule has 1 spiro atoms. The van der Waals surface area contributed by atoms with Crippen molar-refractivity contribution in [3.05, 3.63) is 46.9 Å². The van der Waals surface area contributed by atoms with Gasteiger partial charge in [-0.15, -0.1) is 0 Å². The second-order valence-corrected chi connectivity index (χ2v) is 14.3. The Balaban J connectivity index is 1.13. The lowest BCUT2D eigenvalue weighted by Crippen LogP contribution is -2.58. The van der Waals surface area contributed by atoms with Crippen molar-refractivity contribution in [1.82, 2.24) is 19.7 Å². The second kappa shape index (κ2) is 11.0. The number of anilines is 1. The van der Waals surface area contributed by atoms with E-state index in [1.54, 1.807) is 24.7 Å². The molecule has 0 amide bonds. The van der Waals surface area contributed by atoms with Gasteiger partial charge in [-0.05, 0) is 63.3 Å². The Bertz CT molecular complexity index is 1550. The highest BCUT2D eigenvalue weighted by molar-refractivity contribution is 7.53. The zero-order valence-corrected chi connectivity index (χ0v) is 26.4. The summed E-state index contributed by atoms with van der Waals surface area (Å²) in [6.07, 6.45) is 1.67. The molecule has 12 nitrogen and oxygen atoms in total. The minimum absolute atomic E-state index is 0.0960. The van der Waals surface area contributed by atoms with Gasteiger partial charge in [0.05, 0.1) is 31.4 Å². The van der Waals surface area contributed by atoms with Crippen LogP contribution in [-0.4, -0.2) is 83.1 Å². The minimum Gasteiger partial charge on any atom is -0.366 e. The van der Waals surface area contributed by atoms with E-state index < -0.39 is 37.9 Å². The molecule has 0 unspecified atom stereocenters. The van der Waals surface area contributed by atoms with E-state index >= 15 is 0 Å². The first kappa shape index (κ1) is 29.6. The first-order valence-electron chi connectivity index (χ1n) is 14.9. The van der Waals surface area contributed by atoms with E-state index in [0.29, 0.717) is 5.65 Å². The Morgan fingerprint density at radius 1 is 1.09 bits per heavy atom. The average Bonchev–Trinajstić information content (AvgIpc) is 3.68. The number of ether oxygens (including phenoxy) is 4. The highest BCUT2D eigenvalue weighted by Crippen LogP contribution is 2.50. The van der Waals surface area contributed by atoms with Crippen LogP contribution in [0.3, 0.4) is 0 Å². The molecule has 14 heteroatoms.